The van der Waals surface area contributed by atoms with Gasteiger partial charge in [0.1, 0.15) is 6.04 Å². The normalized spacial score (nSPS) is 12.9. The van der Waals surface area contributed by atoms with Crippen molar-refractivity contribution in [2.45, 2.75) is 19.4 Å². The van der Waals surface area contributed by atoms with E-state index in [1.807, 2.05) is 0 Å². The van der Waals surface area contributed by atoms with Crippen LogP contribution in [0.2, 0.25) is 0 Å². The van der Waals surface area contributed by atoms with Crippen LogP contribution >= 0.6 is 0 Å². The third-order valence-electron chi connectivity index (χ3n) is 2.91. The number of amides is 1. The van der Waals surface area contributed by atoms with E-state index in [-0.39, 0.29) is 6.42 Å². The molecular formula is C14H18N2O5. The van der Waals surface area contributed by atoms with Crippen LogP contribution in [0.5, 0.6) is 0 Å². The van der Waals surface area contributed by atoms with Gasteiger partial charge < -0.3 is 14.8 Å². The number of aromatic nitrogens is 1. The number of rotatable bonds is 6. The number of ether oxygens (including phenoxy) is 2. The number of esters is 2. The summed E-state index contributed by atoms with van der Waals surface area (Å²) in [6.45, 7) is 1.61. The molecule has 0 saturated carbocycles. The van der Waals surface area contributed by atoms with E-state index in [4.69, 9.17) is 0 Å². The second-order valence-electron chi connectivity index (χ2n) is 4.45. The highest BCUT2D eigenvalue weighted by molar-refractivity contribution is 5.96. The molecule has 0 unspecified atom stereocenters. The molecule has 7 heteroatoms. The first-order valence-electron chi connectivity index (χ1n) is 6.36. The van der Waals surface area contributed by atoms with Crippen molar-refractivity contribution in [3.8, 4) is 0 Å². The van der Waals surface area contributed by atoms with Crippen molar-refractivity contribution in [3.63, 3.8) is 0 Å². The number of nitrogens with one attached hydrogen (secondary N) is 1. The van der Waals surface area contributed by atoms with Crippen molar-refractivity contribution in [2.24, 2.45) is 5.92 Å². The Morgan fingerprint density at radius 1 is 1.24 bits per heavy atom. The molecule has 1 aromatic rings. The summed E-state index contributed by atoms with van der Waals surface area (Å²) in [5.74, 6) is -2.09. The van der Waals surface area contributed by atoms with Crippen LogP contribution in [-0.4, -0.2) is 43.1 Å². The predicted molar refractivity (Wildman–Crippen MR) is 73.3 cm³/mol. The van der Waals surface area contributed by atoms with Crippen molar-refractivity contribution < 1.29 is 23.9 Å². The van der Waals surface area contributed by atoms with Gasteiger partial charge >= 0.3 is 11.9 Å². The number of carbonyl (C=O) groups excluding carboxylic acids is 3. The van der Waals surface area contributed by atoms with Gasteiger partial charge in [0.05, 0.1) is 25.7 Å². The van der Waals surface area contributed by atoms with E-state index >= 15 is 0 Å². The molecule has 0 radical (unpaired) electrons. The molecule has 7 nitrogen and oxygen atoms in total. The molecule has 1 aromatic heterocycles. The van der Waals surface area contributed by atoms with Gasteiger partial charge in [-0.25, -0.2) is 4.79 Å². The quantitative estimate of drug-likeness (QED) is 0.770. The molecule has 2 atom stereocenters. The molecule has 0 spiro atoms. The van der Waals surface area contributed by atoms with Crippen LogP contribution in [0.25, 0.3) is 0 Å². The van der Waals surface area contributed by atoms with Crippen LogP contribution in [0.4, 0.5) is 0 Å². The highest BCUT2D eigenvalue weighted by Crippen LogP contribution is 2.10. The maximum absolute atomic E-state index is 12.0. The molecule has 21 heavy (non-hydrogen) atoms. The molecule has 0 fully saturated rings. The van der Waals surface area contributed by atoms with Crippen LogP contribution in [0, 0.1) is 5.92 Å². The first kappa shape index (κ1) is 16.6. The molecule has 0 aromatic carbocycles. The largest absolute Gasteiger partial charge is 0.469 e. The van der Waals surface area contributed by atoms with Crippen LogP contribution in [0.1, 0.15) is 23.7 Å². The third kappa shape index (κ3) is 4.87. The Balaban J connectivity index is 2.77. The minimum atomic E-state index is -0.934. The Hall–Kier alpha value is -2.44. The van der Waals surface area contributed by atoms with Crippen LogP contribution in [-0.2, 0) is 19.1 Å². The lowest BCUT2D eigenvalue weighted by atomic mass is 10.0. The van der Waals surface area contributed by atoms with Crippen molar-refractivity contribution >= 4 is 17.8 Å². The summed E-state index contributed by atoms with van der Waals surface area (Å²) in [5.41, 5.74) is 0.317. The van der Waals surface area contributed by atoms with E-state index in [0.717, 1.165) is 0 Å². The molecule has 0 bridgehead atoms. The lowest BCUT2D eigenvalue weighted by Crippen LogP contribution is -2.43. The van der Waals surface area contributed by atoms with Crippen LogP contribution in [0.3, 0.4) is 0 Å². The van der Waals surface area contributed by atoms with Gasteiger partial charge in [0, 0.05) is 12.4 Å². The molecule has 0 aliphatic rings. The van der Waals surface area contributed by atoms with Crippen molar-refractivity contribution in [1.82, 2.24) is 10.3 Å². The van der Waals surface area contributed by atoms with Gasteiger partial charge in [-0.05, 0) is 18.6 Å². The van der Waals surface area contributed by atoms with Gasteiger partial charge in [0.2, 0.25) is 0 Å². The second-order valence-corrected chi connectivity index (χ2v) is 4.45. The van der Waals surface area contributed by atoms with E-state index in [1.165, 1.54) is 26.6 Å². The molecule has 0 saturated heterocycles. The number of carbonyl (C=O) groups is 3. The van der Waals surface area contributed by atoms with Crippen LogP contribution in [0.15, 0.2) is 24.5 Å². The highest BCUT2D eigenvalue weighted by Gasteiger charge is 2.27. The second kappa shape index (κ2) is 7.98. The first-order valence-corrected chi connectivity index (χ1v) is 6.36. The summed E-state index contributed by atoms with van der Waals surface area (Å²) >= 11 is 0. The summed E-state index contributed by atoms with van der Waals surface area (Å²) in [6, 6.07) is 2.25. The summed E-state index contributed by atoms with van der Waals surface area (Å²) < 4.78 is 9.24. The minimum Gasteiger partial charge on any atom is -0.469 e. The van der Waals surface area contributed by atoms with E-state index in [2.05, 4.69) is 19.8 Å². The molecule has 0 aliphatic carbocycles. The highest BCUT2D eigenvalue weighted by atomic mass is 16.5. The number of hydrogen-bond donors (Lipinski definition) is 1. The lowest BCUT2D eigenvalue weighted by Gasteiger charge is -2.19. The first-order chi connectivity index (χ1) is 9.99. The zero-order valence-corrected chi connectivity index (χ0v) is 12.2. The van der Waals surface area contributed by atoms with E-state index in [0.29, 0.717) is 5.56 Å². The number of pyridine rings is 1. The molecule has 114 valence electrons. The van der Waals surface area contributed by atoms with E-state index < -0.39 is 29.8 Å². The van der Waals surface area contributed by atoms with Gasteiger partial charge in [-0.1, -0.05) is 6.92 Å². The predicted octanol–water partition coefficient (Wildman–Crippen LogP) is 0.552. The lowest BCUT2D eigenvalue weighted by molar-refractivity contribution is -0.147. The third-order valence-corrected chi connectivity index (χ3v) is 2.91. The fraction of sp³-hybridized carbons (Fsp3) is 0.429. The monoisotopic (exact) mass is 294 g/mol. The SMILES string of the molecule is COC(=O)[C@H](C[C@H](C)C(=O)OC)NC(=O)c1cccnc1. The van der Waals surface area contributed by atoms with Crippen LogP contribution < -0.4 is 5.32 Å². The van der Waals surface area contributed by atoms with Crippen molar-refractivity contribution in [1.29, 1.82) is 0 Å². The number of hydrogen-bond acceptors (Lipinski definition) is 6. The Kier molecular flexibility index (Phi) is 6.32. The number of nitrogens with zero attached hydrogens (tertiary/aromatic N) is 1. The molecule has 1 N–H and O–H groups in total. The molecule has 1 amide bonds. The Bertz CT molecular complexity index is 503. The summed E-state index contributed by atoms with van der Waals surface area (Å²) in [7, 11) is 2.48. The average Bonchev–Trinajstić information content (AvgIpc) is 2.53. The maximum atomic E-state index is 12.0. The number of methoxy groups -OCH3 is 2. The molecule has 0 aliphatic heterocycles. The summed E-state index contributed by atoms with van der Waals surface area (Å²) in [6.07, 6.45) is 3.01. The summed E-state index contributed by atoms with van der Waals surface area (Å²) in [5, 5.41) is 2.53. The Labute approximate surface area is 122 Å². The molecular weight excluding hydrogens is 276 g/mol. The fourth-order valence-electron chi connectivity index (χ4n) is 1.75. The van der Waals surface area contributed by atoms with Gasteiger partial charge in [-0.3, -0.25) is 14.6 Å². The molecule has 1 rings (SSSR count). The topological polar surface area (TPSA) is 94.6 Å². The minimum absolute atomic E-state index is 0.0886. The average molecular weight is 294 g/mol. The van der Waals surface area contributed by atoms with Gasteiger partial charge in [-0.2, -0.15) is 0 Å². The van der Waals surface area contributed by atoms with Gasteiger partial charge in [-0.15, -0.1) is 0 Å². The zero-order valence-electron chi connectivity index (χ0n) is 12.2. The molecule has 1 heterocycles. The van der Waals surface area contributed by atoms with Crippen molar-refractivity contribution in [2.75, 3.05) is 14.2 Å². The maximum Gasteiger partial charge on any atom is 0.328 e. The zero-order chi connectivity index (χ0) is 15.8. The van der Waals surface area contributed by atoms with E-state index in [9.17, 15) is 14.4 Å². The van der Waals surface area contributed by atoms with E-state index in [1.54, 1.807) is 19.1 Å². The van der Waals surface area contributed by atoms with Gasteiger partial charge in [0.25, 0.3) is 5.91 Å². The fourth-order valence-corrected chi connectivity index (χ4v) is 1.75. The summed E-state index contributed by atoms with van der Waals surface area (Å²) in [4.78, 5) is 39.0. The standard InChI is InChI=1S/C14H18N2O5/c1-9(13(18)20-2)7-11(14(19)21-3)16-12(17)10-5-4-6-15-8-10/h4-6,8-9,11H,7H2,1-3H3,(H,16,17)/t9-,11-/m0/s1. The van der Waals surface area contributed by atoms with Crippen molar-refractivity contribution in [3.05, 3.63) is 30.1 Å². The van der Waals surface area contributed by atoms with Gasteiger partial charge in [0.15, 0.2) is 0 Å². The smallest absolute Gasteiger partial charge is 0.328 e. The Morgan fingerprint density at radius 3 is 2.43 bits per heavy atom. The Morgan fingerprint density at radius 2 is 1.90 bits per heavy atom.